The number of para-hydroxylation sites is 2. The highest BCUT2D eigenvalue weighted by Gasteiger charge is 2.48. The van der Waals surface area contributed by atoms with Crippen molar-refractivity contribution in [3.8, 4) is 11.4 Å². The van der Waals surface area contributed by atoms with E-state index in [-0.39, 0.29) is 5.41 Å². The Morgan fingerprint density at radius 1 is 0.548 bits per heavy atom. The quantitative estimate of drug-likeness (QED) is 0.201. The van der Waals surface area contributed by atoms with Gasteiger partial charge in [-0.1, -0.05) is 103 Å². The van der Waals surface area contributed by atoms with E-state index < -0.39 is 5.41 Å². The van der Waals surface area contributed by atoms with Gasteiger partial charge in [0.05, 0.1) is 28.2 Å². The maximum absolute atomic E-state index is 4.88. The first-order valence-corrected chi connectivity index (χ1v) is 15.1. The van der Waals surface area contributed by atoms with Crippen molar-refractivity contribution >= 4 is 33.0 Å². The summed E-state index contributed by atoms with van der Waals surface area (Å²) < 4.78 is 1.05. The van der Waals surface area contributed by atoms with Gasteiger partial charge in [0.25, 0.3) is 0 Å². The molecule has 1 aliphatic carbocycles. The van der Waals surface area contributed by atoms with Crippen molar-refractivity contribution in [2.75, 3.05) is 4.90 Å². The molecule has 3 heterocycles. The lowest BCUT2D eigenvalue weighted by atomic mass is 9.65. The molecule has 1 aliphatic heterocycles. The largest absolute Gasteiger partial charge is 0.310 e. The van der Waals surface area contributed by atoms with Crippen LogP contribution in [0.1, 0.15) is 47.2 Å². The van der Waals surface area contributed by atoms with Gasteiger partial charge in [0, 0.05) is 28.0 Å². The number of benzene rings is 4. The molecule has 2 aliphatic rings. The van der Waals surface area contributed by atoms with Gasteiger partial charge >= 0.3 is 0 Å². The highest BCUT2D eigenvalue weighted by Crippen LogP contribution is 2.57. The van der Waals surface area contributed by atoms with E-state index in [1.54, 1.807) is 0 Å². The summed E-state index contributed by atoms with van der Waals surface area (Å²) in [6.45, 7) is 4.70. The zero-order valence-corrected chi connectivity index (χ0v) is 25.0. The van der Waals surface area contributed by atoms with E-state index in [4.69, 9.17) is 9.97 Å². The van der Waals surface area contributed by atoms with E-state index in [0.29, 0.717) is 0 Å². The van der Waals surface area contributed by atoms with E-state index in [1.807, 2.05) is 24.5 Å². The minimum absolute atomic E-state index is 0.220. The third-order valence-corrected chi connectivity index (χ3v) is 9.63. The smallest absolute Gasteiger partial charge is 0.0937 e. The maximum atomic E-state index is 4.88. The molecule has 0 spiro atoms. The first-order chi connectivity index (χ1) is 20.5. The topological polar surface area (TPSA) is 29.0 Å². The number of pyridine rings is 2. The number of fused-ring (bicyclic) bond motifs is 5. The van der Waals surface area contributed by atoms with Crippen LogP contribution in [0, 0.1) is 0 Å². The molecule has 0 fully saturated rings. The Hall–Kier alpha value is -4.54. The molecule has 0 saturated carbocycles. The number of hydrogen-bond acceptors (Lipinski definition) is 3. The van der Waals surface area contributed by atoms with Gasteiger partial charge in [0.2, 0.25) is 0 Å². The summed E-state index contributed by atoms with van der Waals surface area (Å²) in [5.41, 5.74) is 12.0. The lowest BCUT2D eigenvalue weighted by Gasteiger charge is -2.43. The Kier molecular flexibility index (Phi) is 5.54. The minimum Gasteiger partial charge on any atom is -0.310 e. The first kappa shape index (κ1) is 25.2. The highest BCUT2D eigenvalue weighted by molar-refractivity contribution is 9.10. The molecule has 0 saturated heterocycles. The van der Waals surface area contributed by atoms with Crippen LogP contribution in [0.5, 0.6) is 0 Å². The fraction of sp³-hybridized carbons (Fsp3) is 0.105. The Morgan fingerprint density at radius 3 is 1.81 bits per heavy atom. The number of aromatic nitrogens is 2. The zero-order valence-electron chi connectivity index (χ0n) is 23.4. The Labute approximate surface area is 254 Å². The van der Waals surface area contributed by atoms with Gasteiger partial charge in [0.15, 0.2) is 0 Å². The molecule has 2 aromatic heterocycles. The second kappa shape index (κ2) is 9.23. The third kappa shape index (κ3) is 3.39. The third-order valence-electron chi connectivity index (χ3n) is 9.10. The van der Waals surface area contributed by atoms with E-state index in [0.717, 1.165) is 32.7 Å². The molecular formula is C38H28BrN3. The van der Waals surface area contributed by atoms with Gasteiger partial charge in [-0.2, -0.15) is 0 Å². The summed E-state index contributed by atoms with van der Waals surface area (Å²) >= 11 is 3.67. The Morgan fingerprint density at radius 2 is 1.12 bits per heavy atom. The van der Waals surface area contributed by atoms with Crippen LogP contribution < -0.4 is 4.90 Å². The summed E-state index contributed by atoms with van der Waals surface area (Å²) in [4.78, 5) is 12.2. The molecule has 8 rings (SSSR count). The lowest BCUT2D eigenvalue weighted by Crippen LogP contribution is -2.33. The maximum Gasteiger partial charge on any atom is 0.0937 e. The van der Waals surface area contributed by atoms with Crippen molar-refractivity contribution in [2.24, 2.45) is 0 Å². The molecule has 4 heteroatoms. The van der Waals surface area contributed by atoms with Crippen molar-refractivity contribution in [1.29, 1.82) is 0 Å². The molecule has 0 radical (unpaired) electrons. The van der Waals surface area contributed by atoms with Crippen LogP contribution in [0.3, 0.4) is 0 Å². The van der Waals surface area contributed by atoms with Crippen molar-refractivity contribution in [1.82, 2.24) is 9.97 Å². The average Bonchev–Trinajstić information content (AvgIpc) is 3.33. The van der Waals surface area contributed by atoms with Crippen molar-refractivity contribution < 1.29 is 0 Å². The van der Waals surface area contributed by atoms with Crippen LogP contribution in [-0.2, 0) is 10.8 Å². The van der Waals surface area contributed by atoms with Crippen LogP contribution >= 0.6 is 15.9 Å². The number of rotatable bonds is 3. The van der Waals surface area contributed by atoms with Gasteiger partial charge in [-0.15, -0.1) is 0 Å². The summed E-state index contributed by atoms with van der Waals surface area (Å²) in [7, 11) is 0. The minimum atomic E-state index is -0.562. The van der Waals surface area contributed by atoms with E-state index >= 15 is 0 Å². The molecule has 0 atom stereocenters. The predicted octanol–water partition coefficient (Wildman–Crippen LogP) is 9.71. The monoisotopic (exact) mass is 605 g/mol. The van der Waals surface area contributed by atoms with Gasteiger partial charge in [-0.05, 0) is 81.9 Å². The SMILES string of the molecule is CC1(C)c2ccccc2N(c2ccccc2)c2ccc(C3(c4ccc(Br)cc4)c4cccnc4-c4ncccc43)cc21. The second-order valence-corrected chi connectivity index (χ2v) is 12.5. The zero-order chi connectivity index (χ0) is 28.5. The highest BCUT2D eigenvalue weighted by atomic mass is 79.9. The van der Waals surface area contributed by atoms with Gasteiger partial charge in [-0.25, -0.2) is 0 Å². The van der Waals surface area contributed by atoms with Crippen LogP contribution in [0.2, 0.25) is 0 Å². The normalized spacial score (nSPS) is 15.4. The van der Waals surface area contributed by atoms with Gasteiger partial charge < -0.3 is 4.90 Å². The molecule has 3 nitrogen and oxygen atoms in total. The van der Waals surface area contributed by atoms with Crippen molar-refractivity contribution in [2.45, 2.75) is 24.7 Å². The van der Waals surface area contributed by atoms with Crippen molar-refractivity contribution in [3.05, 3.63) is 172 Å². The number of nitrogens with zero attached hydrogens (tertiary/aromatic N) is 3. The van der Waals surface area contributed by atoms with Gasteiger partial charge in [-0.3, -0.25) is 9.97 Å². The summed E-state index contributed by atoms with van der Waals surface area (Å²) in [6, 6.07) is 43.9. The molecule has 0 N–H and O–H groups in total. The molecule has 4 aromatic carbocycles. The first-order valence-electron chi connectivity index (χ1n) is 14.3. The van der Waals surface area contributed by atoms with Crippen LogP contribution in [0.15, 0.2) is 138 Å². The summed E-state index contributed by atoms with van der Waals surface area (Å²) in [5, 5.41) is 0. The van der Waals surface area contributed by atoms with E-state index in [9.17, 15) is 0 Å². The standard InChI is InChI=1S/C38H28BrN3/c1-37(2)29-12-6-7-15-33(29)42(28-10-4-3-5-11-28)34-21-18-26(24-32(34)37)38(25-16-19-27(39)20-17-25)30-13-8-22-40-35(30)36-31(38)14-9-23-41-36/h3-24H,1-2H3. The molecule has 202 valence electrons. The van der Waals surface area contributed by atoms with E-state index in [1.165, 1.54) is 33.6 Å². The Bertz CT molecular complexity index is 1930. The number of anilines is 3. The average molecular weight is 607 g/mol. The van der Waals surface area contributed by atoms with Crippen LogP contribution in [-0.4, -0.2) is 9.97 Å². The molecule has 0 unspecified atom stereocenters. The summed E-state index contributed by atoms with van der Waals surface area (Å²) in [6.07, 6.45) is 3.75. The van der Waals surface area contributed by atoms with Crippen molar-refractivity contribution in [3.63, 3.8) is 0 Å². The predicted molar refractivity (Wildman–Crippen MR) is 174 cm³/mol. The number of hydrogen-bond donors (Lipinski definition) is 0. The summed E-state index contributed by atoms with van der Waals surface area (Å²) in [5.74, 6) is 0. The fourth-order valence-electron chi connectivity index (χ4n) is 7.22. The fourth-order valence-corrected chi connectivity index (χ4v) is 7.48. The molecule has 42 heavy (non-hydrogen) atoms. The van der Waals surface area contributed by atoms with E-state index in [2.05, 4.69) is 144 Å². The molecule has 0 amide bonds. The Balaban J connectivity index is 1.46. The van der Waals surface area contributed by atoms with Crippen LogP contribution in [0.4, 0.5) is 17.1 Å². The second-order valence-electron chi connectivity index (χ2n) is 11.6. The molecular weight excluding hydrogens is 578 g/mol. The molecule has 6 aromatic rings. The number of halogens is 1. The van der Waals surface area contributed by atoms with Gasteiger partial charge in [0.1, 0.15) is 0 Å². The van der Waals surface area contributed by atoms with Crippen LogP contribution in [0.25, 0.3) is 11.4 Å². The molecule has 0 bridgehead atoms. The lowest BCUT2D eigenvalue weighted by molar-refractivity contribution is 0.627.